The molecule has 4 rings (SSSR count). The summed E-state index contributed by atoms with van der Waals surface area (Å²) in [6.07, 6.45) is 3.41. The second-order valence-corrected chi connectivity index (χ2v) is 7.95. The van der Waals surface area contributed by atoms with Crippen molar-refractivity contribution in [2.45, 2.75) is 18.9 Å². The van der Waals surface area contributed by atoms with E-state index in [-0.39, 0.29) is 11.9 Å². The number of nitriles is 1. The quantitative estimate of drug-likeness (QED) is 0.708. The molecule has 142 valence electrons. The number of thiophene rings is 1. The smallest absolute Gasteiger partial charge is 0.261 e. The van der Waals surface area contributed by atoms with Crippen molar-refractivity contribution in [2.75, 3.05) is 25.5 Å². The molecule has 3 heterocycles. The van der Waals surface area contributed by atoms with Crippen molar-refractivity contribution >= 4 is 39.0 Å². The Kier molecular flexibility index (Phi) is 5.19. The van der Waals surface area contributed by atoms with Gasteiger partial charge in [-0.05, 0) is 57.2 Å². The lowest BCUT2D eigenvalue weighted by molar-refractivity contribution is 0.0921. The SMILES string of the molecule is CN1CCC(NC(=O)c2cc3c(Nc4cccc(C#N)c4)ncnc3s2)CC1. The molecule has 0 bridgehead atoms. The monoisotopic (exact) mass is 392 g/mol. The minimum atomic E-state index is -0.0602. The molecule has 0 aliphatic carbocycles. The number of nitrogens with one attached hydrogen (secondary N) is 2. The summed E-state index contributed by atoms with van der Waals surface area (Å²) in [5.41, 5.74) is 1.33. The van der Waals surface area contributed by atoms with Crippen LogP contribution >= 0.6 is 11.3 Å². The summed E-state index contributed by atoms with van der Waals surface area (Å²) in [4.78, 5) is 25.0. The Morgan fingerprint density at radius 3 is 2.89 bits per heavy atom. The Bertz CT molecular complexity index is 1050. The fourth-order valence-electron chi connectivity index (χ4n) is 3.28. The molecular weight excluding hydrogens is 372 g/mol. The van der Waals surface area contributed by atoms with Gasteiger partial charge >= 0.3 is 0 Å². The molecule has 1 aromatic carbocycles. The van der Waals surface area contributed by atoms with Gasteiger partial charge < -0.3 is 15.5 Å². The van der Waals surface area contributed by atoms with E-state index in [9.17, 15) is 4.79 Å². The molecule has 0 radical (unpaired) electrons. The Labute approximate surface area is 167 Å². The maximum absolute atomic E-state index is 12.7. The molecule has 0 saturated carbocycles. The second-order valence-electron chi connectivity index (χ2n) is 6.92. The zero-order valence-electron chi connectivity index (χ0n) is 15.5. The van der Waals surface area contributed by atoms with Gasteiger partial charge in [0.2, 0.25) is 0 Å². The Hall–Kier alpha value is -3.02. The average molecular weight is 392 g/mol. The van der Waals surface area contributed by atoms with E-state index in [1.165, 1.54) is 17.7 Å². The van der Waals surface area contributed by atoms with Gasteiger partial charge in [0.15, 0.2) is 0 Å². The summed E-state index contributed by atoms with van der Waals surface area (Å²) >= 11 is 1.36. The van der Waals surface area contributed by atoms with Crippen LogP contribution in [0.5, 0.6) is 0 Å². The number of benzene rings is 1. The number of piperidine rings is 1. The van der Waals surface area contributed by atoms with Gasteiger partial charge in [0.1, 0.15) is 17.0 Å². The van der Waals surface area contributed by atoms with Gasteiger partial charge in [0, 0.05) is 11.7 Å². The Morgan fingerprint density at radius 2 is 2.11 bits per heavy atom. The molecule has 2 aromatic heterocycles. The third kappa shape index (κ3) is 3.96. The average Bonchev–Trinajstić information content (AvgIpc) is 3.15. The molecule has 8 heteroatoms. The van der Waals surface area contributed by atoms with Crippen LogP contribution in [-0.4, -0.2) is 47.0 Å². The molecule has 0 unspecified atom stereocenters. The van der Waals surface area contributed by atoms with E-state index in [0.29, 0.717) is 16.3 Å². The molecule has 1 aliphatic heterocycles. The molecular formula is C20H20N6OS. The number of hydrogen-bond donors (Lipinski definition) is 2. The van der Waals surface area contributed by atoms with E-state index in [0.717, 1.165) is 41.8 Å². The van der Waals surface area contributed by atoms with Gasteiger partial charge in [0.05, 0.1) is 21.9 Å². The van der Waals surface area contributed by atoms with Crippen LogP contribution in [0.3, 0.4) is 0 Å². The topological polar surface area (TPSA) is 93.9 Å². The van der Waals surface area contributed by atoms with Crippen LogP contribution in [-0.2, 0) is 0 Å². The van der Waals surface area contributed by atoms with Crippen molar-refractivity contribution in [1.29, 1.82) is 5.26 Å². The van der Waals surface area contributed by atoms with Crippen molar-refractivity contribution in [1.82, 2.24) is 20.2 Å². The summed E-state index contributed by atoms with van der Waals surface area (Å²) in [7, 11) is 2.10. The summed E-state index contributed by atoms with van der Waals surface area (Å²) in [6, 6.07) is 11.4. The Morgan fingerprint density at radius 1 is 1.29 bits per heavy atom. The highest BCUT2D eigenvalue weighted by atomic mass is 32.1. The molecule has 7 nitrogen and oxygen atoms in total. The standard InChI is InChI=1S/C20H20N6OS/c1-26-7-5-14(6-8-26)25-19(27)17-10-16-18(22-12-23-20(16)28-17)24-15-4-2-3-13(9-15)11-21/h2-4,9-10,12,14H,5-8H2,1H3,(H,25,27)(H,22,23,24). The molecule has 1 saturated heterocycles. The fraction of sp³-hybridized carbons (Fsp3) is 0.300. The van der Waals surface area contributed by atoms with E-state index in [4.69, 9.17) is 5.26 Å². The number of likely N-dealkylation sites (tertiary alicyclic amines) is 1. The van der Waals surface area contributed by atoms with Gasteiger partial charge in [0.25, 0.3) is 5.91 Å². The first-order chi connectivity index (χ1) is 13.6. The lowest BCUT2D eigenvalue weighted by Gasteiger charge is -2.29. The van der Waals surface area contributed by atoms with Crippen LogP contribution < -0.4 is 10.6 Å². The third-order valence-corrected chi connectivity index (χ3v) is 5.90. The van der Waals surface area contributed by atoms with Gasteiger partial charge in [-0.2, -0.15) is 5.26 Å². The van der Waals surface area contributed by atoms with Crippen molar-refractivity contribution in [3.05, 3.63) is 47.1 Å². The van der Waals surface area contributed by atoms with E-state index < -0.39 is 0 Å². The molecule has 2 N–H and O–H groups in total. The molecule has 0 spiro atoms. The van der Waals surface area contributed by atoms with Crippen LogP contribution in [0, 0.1) is 11.3 Å². The van der Waals surface area contributed by atoms with Crippen LogP contribution in [0.4, 0.5) is 11.5 Å². The highest BCUT2D eigenvalue weighted by Gasteiger charge is 2.21. The molecule has 1 fully saturated rings. The molecule has 28 heavy (non-hydrogen) atoms. The lowest BCUT2D eigenvalue weighted by atomic mass is 10.1. The second kappa shape index (κ2) is 7.92. The summed E-state index contributed by atoms with van der Waals surface area (Å²) < 4.78 is 0. The van der Waals surface area contributed by atoms with Crippen molar-refractivity contribution in [2.24, 2.45) is 0 Å². The lowest BCUT2D eigenvalue weighted by Crippen LogP contribution is -2.43. The van der Waals surface area contributed by atoms with Crippen LogP contribution in [0.1, 0.15) is 28.1 Å². The van der Waals surface area contributed by atoms with Gasteiger partial charge in [-0.1, -0.05) is 6.07 Å². The summed E-state index contributed by atoms with van der Waals surface area (Å²) in [6.45, 7) is 2.00. The number of hydrogen-bond acceptors (Lipinski definition) is 7. The van der Waals surface area contributed by atoms with E-state index >= 15 is 0 Å². The number of rotatable bonds is 4. The highest BCUT2D eigenvalue weighted by Crippen LogP contribution is 2.30. The van der Waals surface area contributed by atoms with Crippen molar-refractivity contribution in [3.63, 3.8) is 0 Å². The number of amides is 1. The number of fused-ring (bicyclic) bond motifs is 1. The third-order valence-electron chi connectivity index (χ3n) is 4.86. The number of aromatic nitrogens is 2. The molecule has 1 amide bonds. The van der Waals surface area contributed by atoms with Gasteiger partial charge in [-0.3, -0.25) is 4.79 Å². The highest BCUT2D eigenvalue weighted by molar-refractivity contribution is 7.20. The minimum absolute atomic E-state index is 0.0602. The minimum Gasteiger partial charge on any atom is -0.349 e. The fourth-order valence-corrected chi connectivity index (χ4v) is 4.18. The summed E-state index contributed by atoms with van der Waals surface area (Å²) in [5.74, 6) is 0.560. The first-order valence-electron chi connectivity index (χ1n) is 9.13. The summed E-state index contributed by atoms with van der Waals surface area (Å²) in [5, 5.41) is 16.2. The largest absolute Gasteiger partial charge is 0.349 e. The number of carbonyl (C=O) groups excluding carboxylic acids is 1. The Balaban J connectivity index is 1.55. The number of nitrogens with zero attached hydrogens (tertiary/aromatic N) is 4. The first kappa shape index (κ1) is 18.3. The van der Waals surface area contributed by atoms with Gasteiger partial charge in [-0.25, -0.2) is 9.97 Å². The van der Waals surface area contributed by atoms with Gasteiger partial charge in [-0.15, -0.1) is 11.3 Å². The zero-order valence-corrected chi connectivity index (χ0v) is 16.3. The van der Waals surface area contributed by atoms with Crippen LogP contribution in [0.25, 0.3) is 10.2 Å². The van der Waals surface area contributed by atoms with Crippen LogP contribution in [0.15, 0.2) is 36.7 Å². The molecule has 0 atom stereocenters. The number of anilines is 2. The number of carbonyl (C=O) groups is 1. The van der Waals surface area contributed by atoms with E-state index in [1.54, 1.807) is 12.1 Å². The van der Waals surface area contributed by atoms with E-state index in [1.807, 2.05) is 18.2 Å². The van der Waals surface area contributed by atoms with E-state index in [2.05, 4.69) is 38.6 Å². The van der Waals surface area contributed by atoms with Crippen molar-refractivity contribution < 1.29 is 4.79 Å². The maximum atomic E-state index is 12.7. The first-order valence-corrected chi connectivity index (χ1v) is 9.95. The predicted molar refractivity (Wildman–Crippen MR) is 110 cm³/mol. The normalized spacial score (nSPS) is 15.3. The zero-order chi connectivity index (χ0) is 19.5. The maximum Gasteiger partial charge on any atom is 0.261 e. The van der Waals surface area contributed by atoms with Crippen LogP contribution in [0.2, 0.25) is 0 Å². The molecule has 1 aliphatic rings. The molecule has 3 aromatic rings. The predicted octanol–water partition coefficient (Wildman–Crippen LogP) is 3.13. The van der Waals surface area contributed by atoms with Crippen molar-refractivity contribution in [3.8, 4) is 6.07 Å².